The molecule has 0 aromatic carbocycles. The van der Waals surface area contributed by atoms with Crippen LogP contribution in [0.5, 0.6) is 0 Å². The van der Waals surface area contributed by atoms with Crippen LogP contribution in [0.4, 0.5) is 0 Å². The van der Waals surface area contributed by atoms with Crippen LogP contribution in [0.15, 0.2) is 12.2 Å². The molecule has 0 aliphatic heterocycles. The lowest BCUT2D eigenvalue weighted by molar-refractivity contribution is -0.125. The molecular weight excluding hydrogens is 160 g/mol. The molecule has 0 heterocycles. The lowest BCUT2D eigenvalue weighted by atomic mass is 9.89. The minimum Gasteiger partial charge on any atom is -0.299 e. The fourth-order valence-corrected chi connectivity index (χ4v) is 0.936. The second kappa shape index (κ2) is 5.95. The third-order valence-electron chi connectivity index (χ3n) is 2.03. The highest BCUT2D eigenvalue weighted by atomic mass is 16.1. The minimum atomic E-state index is -0.185. The second-order valence-electron chi connectivity index (χ2n) is 4.49. The van der Waals surface area contributed by atoms with Crippen LogP contribution < -0.4 is 0 Å². The smallest absolute Gasteiger partial charge is 0.141 e. The van der Waals surface area contributed by atoms with Crippen molar-refractivity contribution in [2.45, 2.75) is 53.4 Å². The van der Waals surface area contributed by atoms with E-state index in [9.17, 15) is 4.79 Å². The standard InChI is InChI=1S/C12H22O/c1-5-6-7-8-9-10-11(13)12(2,3)4/h8-9H,5-7,10H2,1-4H3/b9-8-. The number of allylic oxidation sites excluding steroid dienone is 2. The van der Waals surface area contributed by atoms with Gasteiger partial charge in [-0.25, -0.2) is 0 Å². The molecule has 0 amide bonds. The Hall–Kier alpha value is -0.590. The zero-order valence-electron chi connectivity index (χ0n) is 9.39. The van der Waals surface area contributed by atoms with E-state index in [1.807, 2.05) is 26.8 Å². The number of hydrogen-bond donors (Lipinski definition) is 0. The number of rotatable bonds is 5. The van der Waals surface area contributed by atoms with Crippen LogP contribution in [0.1, 0.15) is 53.4 Å². The quantitative estimate of drug-likeness (QED) is 0.467. The van der Waals surface area contributed by atoms with Crippen molar-refractivity contribution >= 4 is 5.78 Å². The van der Waals surface area contributed by atoms with Gasteiger partial charge in [0.25, 0.3) is 0 Å². The summed E-state index contributed by atoms with van der Waals surface area (Å²) in [4.78, 5) is 11.4. The summed E-state index contributed by atoms with van der Waals surface area (Å²) in [6.07, 6.45) is 8.26. The molecule has 0 bridgehead atoms. The van der Waals surface area contributed by atoms with Crippen molar-refractivity contribution in [1.29, 1.82) is 0 Å². The highest BCUT2D eigenvalue weighted by Crippen LogP contribution is 2.16. The molecule has 1 heteroatoms. The summed E-state index contributed by atoms with van der Waals surface area (Å²) in [6.45, 7) is 8.08. The Labute approximate surface area is 82.2 Å². The topological polar surface area (TPSA) is 17.1 Å². The molecule has 76 valence electrons. The summed E-state index contributed by atoms with van der Waals surface area (Å²) in [5, 5.41) is 0. The van der Waals surface area contributed by atoms with Gasteiger partial charge in [-0.1, -0.05) is 52.7 Å². The molecule has 0 atom stereocenters. The van der Waals surface area contributed by atoms with E-state index in [1.54, 1.807) is 0 Å². The molecule has 0 saturated heterocycles. The Morgan fingerprint density at radius 3 is 2.31 bits per heavy atom. The van der Waals surface area contributed by atoms with E-state index in [0.717, 1.165) is 6.42 Å². The van der Waals surface area contributed by atoms with Crippen molar-refractivity contribution in [2.75, 3.05) is 0 Å². The summed E-state index contributed by atoms with van der Waals surface area (Å²) in [7, 11) is 0. The summed E-state index contributed by atoms with van der Waals surface area (Å²) in [5.41, 5.74) is -0.185. The molecule has 0 aliphatic rings. The Kier molecular flexibility index (Phi) is 5.68. The van der Waals surface area contributed by atoms with Crippen LogP contribution in [0.2, 0.25) is 0 Å². The lowest BCUT2D eigenvalue weighted by Crippen LogP contribution is -2.18. The predicted octanol–water partition coefficient (Wildman–Crippen LogP) is 3.74. The highest BCUT2D eigenvalue weighted by Gasteiger charge is 2.18. The molecule has 0 spiro atoms. The SMILES string of the molecule is CCCC/C=C\CC(=O)C(C)(C)C. The zero-order chi connectivity index (χ0) is 10.3. The molecule has 1 nitrogen and oxygen atoms in total. The Morgan fingerprint density at radius 1 is 1.23 bits per heavy atom. The maximum absolute atomic E-state index is 11.4. The van der Waals surface area contributed by atoms with Crippen molar-refractivity contribution in [2.24, 2.45) is 5.41 Å². The third-order valence-corrected chi connectivity index (χ3v) is 2.03. The number of carbonyl (C=O) groups excluding carboxylic acids is 1. The van der Waals surface area contributed by atoms with E-state index in [0.29, 0.717) is 12.2 Å². The molecule has 0 saturated carbocycles. The fraction of sp³-hybridized carbons (Fsp3) is 0.750. The first-order valence-corrected chi connectivity index (χ1v) is 5.16. The number of ketones is 1. The number of Topliss-reactive ketones (excluding diaryl/α,β-unsaturated/α-hetero) is 1. The average molecular weight is 182 g/mol. The van der Waals surface area contributed by atoms with Crippen LogP contribution in [0, 0.1) is 5.41 Å². The largest absolute Gasteiger partial charge is 0.299 e. The van der Waals surface area contributed by atoms with Gasteiger partial charge >= 0.3 is 0 Å². The molecule has 0 aliphatic carbocycles. The van der Waals surface area contributed by atoms with Crippen molar-refractivity contribution in [3.8, 4) is 0 Å². The normalized spacial score (nSPS) is 12.3. The van der Waals surface area contributed by atoms with Gasteiger partial charge in [-0.2, -0.15) is 0 Å². The van der Waals surface area contributed by atoms with Crippen LogP contribution in [-0.4, -0.2) is 5.78 Å². The van der Waals surface area contributed by atoms with E-state index in [1.165, 1.54) is 12.8 Å². The minimum absolute atomic E-state index is 0.185. The molecule has 0 radical (unpaired) electrons. The molecule has 0 aromatic rings. The van der Waals surface area contributed by atoms with E-state index in [-0.39, 0.29) is 5.41 Å². The van der Waals surface area contributed by atoms with Gasteiger partial charge in [-0.15, -0.1) is 0 Å². The first-order chi connectivity index (χ1) is 5.98. The summed E-state index contributed by atoms with van der Waals surface area (Å²) >= 11 is 0. The van der Waals surface area contributed by atoms with Crippen LogP contribution in [0.25, 0.3) is 0 Å². The average Bonchev–Trinajstić information content (AvgIpc) is 2.02. The summed E-state index contributed by atoms with van der Waals surface area (Å²) in [5.74, 6) is 0.320. The number of carbonyl (C=O) groups is 1. The summed E-state index contributed by atoms with van der Waals surface area (Å²) in [6, 6.07) is 0. The third kappa shape index (κ3) is 6.56. The van der Waals surface area contributed by atoms with Crippen molar-refractivity contribution in [1.82, 2.24) is 0 Å². The summed E-state index contributed by atoms with van der Waals surface area (Å²) < 4.78 is 0. The van der Waals surface area contributed by atoms with E-state index in [2.05, 4.69) is 13.0 Å². The monoisotopic (exact) mass is 182 g/mol. The van der Waals surface area contributed by atoms with Crippen LogP contribution >= 0.6 is 0 Å². The van der Waals surface area contributed by atoms with Gasteiger partial charge in [-0.05, 0) is 6.42 Å². The van der Waals surface area contributed by atoms with E-state index >= 15 is 0 Å². The maximum atomic E-state index is 11.4. The number of unbranched alkanes of at least 4 members (excludes halogenated alkanes) is 2. The first kappa shape index (κ1) is 12.4. The van der Waals surface area contributed by atoms with Gasteiger partial charge in [-0.3, -0.25) is 4.79 Å². The zero-order valence-corrected chi connectivity index (χ0v) is 9.39. The van der Waals surface area contributed by atoms with Crippen LogP contribution in [-0.2, 0) is 4.79 Å². The lowest BCUT2D eigenvalue weighted by Gasteiger charge is -2.14. The molecule has 0 N–H and O–H groups in total. The van der Waals surface area contributed by atoms with Gasteiger partial charge in [0, 0.05) is 11.8 Å². The second-order valence-corrected chi connectivity index (χ2v) is 4.49. The van der Waals surface area contributed by atoms with Gasteiger partial charge in [0.05, 0.1) is 0 Å². The molecule has 0 fully saturated rings. The van der Waals surface area contributed by atoms with Crippen molar-refractivity contribution in [3.63, 3.8) is 0 Å². The molecular formula is C12H22O. The molecule has 13 heavy (non-hydrogen) atoms. The molecule has 0 rings (SSSR count). The highest BCUT2D eigenvalue weighted by molar-refractivity contribution is 5.84. The van der Waals surface area contributed by atoms with E-state index in [4.69, 9.17) is 0 Å². The Balaban J connectivity index is 3.64. The number of hydrogen-bond acceptors (Lipinski definition) is 1. The maximum Gasteiger partial charge on any atom is 0.141 e. The van der Waals surface area contributed by atoms with Gasteiger partial charge in [0.15, 0.2) is 0 Å². The molecule has 0 unspecified atom stereocenters. The fourth-order valence-electron chi connectivity index (χ4n) is 0.936. The van der Waals surface area contributed by atoms with Crippen LogP contribution in [0.3, 0.4) is 0 Å². The first-order valence-electron chi connectivity index (χ1n) is 5.16. The Bertz CT molecular complexity index is 172. The predicted molar refractivity (Wildman–Crippen MR) is 57.7 cm³/mol. The van der Waals surface area contributed by atoms with E-state index < -0.39 is 0 Å². The van der Waals surface area contributed by atoms with Gasteiger partial charge < -0.3 is 0 Å². The molecule has 0 aromatic heterocycles. The van der Waals surface area contributed by atoms with Crippen molar-refractivity contribution in [3.05, 3.63) is 12.2 Å². The van der Waals surface area contributed by atoms with Crippen molar-refractivity contribution < 1.29 is 4.79 Å². The Morgan fingerprint density at radius 2 is 1.85 bits per heavy atom. The van der Waals surface area contributed by atoms with Gasteiger partial charge in [0.2, 0.25) is 0 Å². The van der Waals surface area contributed by atoms with Gasteiger partial charge in [0.1, 0.15) is 5.78 Å².